The molecule has 0 spiro atoms. The number of furan rings is 1. The molecule has 0 saturated heterocycles. The summed E-state index contributed by atoms with van der Waals surface area (Å²) in [5.74, 6) is 2.42. The van der Waals surface area contributed by atoms with E-state index in [1.807, 2.05) is 12.1 Å². The summed E-state index contributed by atoms with van der Waals surface area (Å²) >= 11 is 0. The van der Waals surface area contributed by atoms with Crippen LogP contribution in [0.15, 0.2) is 40.8 Å². The molecule has 21 heavy (non-hydrogen) atoms. The van der Waals surface area contributed by atoms with Gasteiger partial charge in [0, 0.05) is 5.56 Å². The molecule has 1 aromatic carbocycles. The van der Waals surface area contributed by atoms with E-state index in [2.05, 4.69) is 5.32 Å². The van der Waals surface area contributed by atoms with Crippen molar-refractivity contribution in [3.63, 3.8) is 0 Å². The van der Waals surface area contributed by atoms with Crippen LogP contribution in [0.1, 0.15) is 37.9 Å². The fourth-order valence-electron chi connectivity index (χ4n) is 3.06. The van der Waals surface area contributed by atoms with Gasteiger partial charge in [0.25, 0.3) is 0 Å². The van der Waals surface area contributed by atoms with Gasteiger partial charge >= 0.3 is 0 Å². The molecule has 1 aliphatic carbocycles. The van der Waals surface area contributed by atoms with E-state index in [0.717, 1.165) is 36.1 Å². The second-order valence-corrected chi connectivity index (χ2v) is 5.89. The highest BCUT2D eigenvalue weighted by Gasteiger charge is 2.14. The van der Waals surface area contributed by atoms with Gasteiger partial charge in [0.1, 0.15) is 17.3 Å². The van der Waals surface area contributed by atoms with E-state index in [1.54, 1.807) is 12.1 Å². The van der Waals surface area contributed by atoms with Crippen molar-refractivity contribution >= 4 is 0 Å². The Bertz CT molecular complexity index is 555. The first-order valence-corrected chi connectivity index (χ1v) is 7.86. The molecule has 1 aliphatic rings. The number of hydrogen-bond acceptors (Lipinski definition) is 2. The van der Waals surface area contributed by atoms with Crippen molar-refractivity contribution in [3.8, 4) is 11.3 Å². The van der Waals surface area contributed by atoms with Gasteiger partial charge in [0.05, 0.1) is 6.54 Å². The van der Waals surface area contributed by atoms with Crippen molar-refractivity contribution in [1.82, 2.24) is 5.32 Å². The molecule has 0 unspecified atom stereocenters. The average Bonchev–Trinajstić information content (AvgIpc) is 3.16. The minimum atomic E-state index is -0.223. The van der Waals surface area contributed by atoms with Gasteiger partial charge in [-0.1, -0.05) is 25.7 Å². The topological polar surface area (TPSA) is 25.2 Å². The number of rotatable bonds is 6. The summed E-state index contributed by atoms with van der Waals surface area (Å²) in [7, 11) is 0. The Morgan fingerprint density at radius 1 is 1.05 bits per heavy atom. The lowest BCUT2D eigenvalue weighted by molar-refractivity contribution is 0.451. The van der Waals surface area contributed by atoms with E-state index in [0.29, 0.717) is 0 Å². The molecule has 1 fully saturated rings. The van der Waals surface area contributed by atoms with Crippen LogP contribution in [-0.4, -0.2) is 6.54 Å². The maximum absolute atomic E-state index is 12.9. The van der Waals surface area contributed by atoms with Gasteiger partial charge in [-0.25, -0.2) is 4.39 Å². The van der Waals surface area contributed by atoms with Crippen LogP contribution in [0, 0.1) is 11.7 Å². The zero-order valence-corrected chi connectivity index (χ0v) is 12.3. The normalized spacial score (nSPS) is 15.7. The van der Waals surface area contributed by atoms with Gasteiger partial charge in [-0.3, -0.25) is 0 Å². The molecule has 1 N–H and O–H groups in total. The Kier molecular flexibility index (Phi) is 4.71. The van der Waals surface area contributed by atoms with Crippen molar-refractivity contribution < 1.29 is 8.81 Å². The maximum atomic E-state index is 12.9. The smallest absolute Gasteiger partial charge is 0.134 e. The Balaban J connectivity index is 1.47. The summed E-state index contributed by atoms with van der Waals surface area (Å²) in [4.78, 5) is 0. The molecule has 0 bridgehead atoms. The van der Waals surface area contributed by atoms with E-state index in [1.165, 1.54) is 44.2 Å². The van der Waals surface area contributed by atoms with Gasteiger partial charge in [-0.2, -0.15) is 0 Å². The van der Waals surface area contributed by atoms with Gasteiger partial charge in [0.2, 0.25) is 0 Å². The lowest BCUT2D eigenvalue weighted by atomic mass is 10.0. The monoisotopic (exact) mass is 287 g/mol. The minimum absolute atomic E-state index is 0.223. The molecular weight excluding hydrogens is 265 g/mol. The van der Waals surface area contributed by atoms with Crippen LogP contribution >= 0.6 is 0 Å². The van der Waals surface area contributed by atoms with Crippen molar-refractivity contribution in [1.29, 1.82) is 0 Å². The molecule has 0 aliphatic heterocycles. The van der Waals surface area contributed by atoms with E-state index in [9.17, 15) is 4.39 Å². The molecular formula is C18H22FNO. The van der Waals surface area contributed by atoms with Crippen LogP contribution in [0.4, 0.5) is 4.39 Å². The molecule has 0 amide bonds. The molecule has 1 heterocycles. The highest BCUT2D eigenvalue weighted by Crippen LogP contribution is 2.27. The lowest BCUT2D eigenvalue weighted by Crippen LogP contribution is -2.16. The van der Waals surface area contributed by atoms with Crippen LogP contribution in [0.3, 0.4) is 0 Å². The summed E-state index contributed by atoms with van der Waals surface area (Å²) in [5.41, 5.74) is 0.911. The lowest BCUT2D eigenvalue weighted by Gasteiger charge is -2.08. The highest BCUT2D eigenvalue weighted by molar-refractivity contribution is 5.57. The molecule has 3 heteroatoms. The Morgan fingerprint density at radius 2 is 1.81 bits per heavy atom. The number of halogens is 1. The van der Waals surface area contributed by atoms with Crippen LogP contribution in [0.2, 0.25) is 0 Å². The van der Waals surface area contributed by atoms with E-state index in [4.69, 9.17) is 4.42 Å². The molecule has 0 radical (unpaired) electrons. The fraction of sp³-hybridized carbons (Fsp3) is 0.444. The van der Waals surface area contributed by atoms with Crippen LogP contribution < -0.4 is 5.32 Å². The third-order valence-electron chi connectivity index (χ3n) is 4.29. The summed E-state index contributed by atoms with van der Waals surface area (Å²) in [6.07, 6.45) is 6.88. The predicted molar refractivity (Wildman–Crippen MR) is 82.4 cm³/mol. The Labute approximate surface area is 125 Å². The average molecular weight is 287 g/mol. The second kappa shape index (κ2) is 6.90. The van der Waals surface area contributed by atoms with Crippen molar-refractivity contribution in [3.05, 3.63) is 48.0 Å². The summed E-state index contributed by atoms with van der Waals surface area (Å²) in [6, 6.07) is 10.3. The van der Waals surface area contributed by atoms with Gasteiger partial charge < -0.3 is 9.73 Å². The predicted octanol–water partition coefficient (Wildman–Crippen LogP) is 4.76. The first-order valence-electron chi connectivity index (χ1n) is 7.86. The number of benzene rings is 1. The molecule has 3 rings (SSSR count). The zero-order valence-electron chi connectivity index (χ0n) is 12.3. The molecule has 0 atom stereocenters. The Morgan fingerprint density at radius 3 is 2.57 bits per heavy atom. The largest absolute Gasteiger partial charge is 0.460 e. The van der Waals surface area contributed by atoms with E-state index < -0.39 is 0 Å². The van der Waals surface area contributed by atoms with Crippen molar-refractivity contribution in [2.24, 2.45) is 5.92 Å². The van der Waals surface area contributed by atoms with Crippen molar-refractivity contribution in [2.45, 2.75) is 38.6 Å². The van der Waals surface area contributed by atoms with Gasteiger partial charge in [-0.15, -0.1) is 0 Å². The van der Waals surface area contributed by atoms with Crippen molar-refractivity contribution in [2.75, 3.05) is 6.54 Å². The number of hydrogen-bond donors (Lipinski definition) is 1. The zero-order chi connectivity index (χ0) is 14.5. The van der Waals surface area contributed by atoms with Crippen LogP contribution in [0.25, 0.3) is 11.3 Å². The minimum Gasteiger partial charge on any atom is -0.460 e. The SMILES string of the molecule is Fc1ccc(-c2ccc(CNCCC3CCCC3)o2)cc1. The molecule has 2 aromatic rings. The van der Waals surface area contributed by atoms with Crippen LogP contribution in [-0.2, 0) is 6.54 Å². The molecule has 112 valence electrons. The standard InChI is InChI=1S/C18H22FNO/c19-16-7-5-15(6-8-16)18-10-9-17(21-18)13-20-12-11-14-3-1-2-4-14/h5-10,14,20H,1-4,11-13H2. The summed E-state index contributed by atoms with van der Waals surface area (Å²) < 4.78 is 18.7. The molecule has 1 saturated carbocycles. The third-order valence-corrected chi connectivity index (χ3v) is 4.29. The van der Waals surface area contributed by atoms with E-state index in [-0.39, 0.29) is 5.82 Å². The summed E-state index contributed by atoms with van der Waals surface area (Å²) in [5, 5.41) is 3.45. The molecule has 2 nitrogen and oxygen atoms in total. The van der Waals surface area contributed by atoms with Crippen LogP contribution in [0.5, 0.6) is 0 Å². The first-order chi connectivity index (χ1) is 10.3. The number of nitrogens with one attached hydrogen (secondary N) is 1. The quantitative estimate of drug-likeness (QED) is 0.775. The van der Waals surface area contributed by atoms with Gasteiger partial charge in [0.15, 0.2) is 0 Å². The Hall–Kier alpha value is -1.61. The third kappa shape index (κ3) is 3.94. The maximum Gasteiger partial charge on any atom is 0.134 e. The highest BCUT2D eigenvalue weighted by atomic mass is 19.1. The summed E-state index contributed by atoms with van der Waals surface area (Å²) in [6.45, 7) is 1.81. The second-order valence-electron chi connectivity index (χ2n) is 5.89. The van der Waals surface area contributed by atoms with Gasteiger partial charge in [-0.05, 0) is 55.3 Å². The first kappa shape index (κ1) is 14.3. The van der Waals surface area contributed by atoms with E-state index >= 15 is 0 Å². The fourth-order valence-corrected chi connectivity index (χ4v) is 3.06. The molecule has 1 aromatic heterocycles.